The number of anilines is 2. The Bertz CT molecular complexity index is 1220. The van der Waals surface area contributed by atoms with Crippen molar-refractivity contribution < 1.29 is 14.1 Å². The second kappa shape index (κ2) is 9.40. The predicted octanol–water partition coefficient (Wildman–Crippen LogP) is 4.33. The van der Waals surface area contributed by atoms with Crippen LogP contribution < -0.4 is 16.2 Å². The molecule has 1 aromatic carbocycles. The molecule has 0 aliphatic rings. The summed E-state index contributed by atoms with van der Waals surface area (Å²) in [6.45, 7) is 4.18. The zero-order valence-corrected chi connectivity index (χ0v) is 18.1. The standard InChI is InChI=1S/C22H20N6O3S/c1-13(2)14-3-5-16(6-4-14)19(29)25-21-17(9-12-32-21)20(30)26-27-22-24-18(28-31-22)15-7-10-23-11-8-15/h3-13H,1-2H3,(H,25,29)(H,26,30)(H,24,27,28). The molecule has 3 heterocycles. The molecule has 4 rings (SSSR count). The quantitative estimate of drug-likeness (QED) is 0.360. The average Bonchev–Trinajstić information content (AvgIpc) is 3.48. The lowest BCUT2D eigenvalue weighted by Gasteiger charge is -2.09. The minimum atomic E-state index is -0.458. The first kappa shape index (κ1) is 21.2. The maximum absolute atomic E-state index is 12.6. The molecule has 2 amide bonds. The molecular formula is C22H20N6O3S. The molecule has 0 saturated heterocycles. The van der Waals surface area contributed by atoms with Crippen LogP contribution in [0.3, 0.4) is 0 Å². The van der Waals surface area contributed by atoms with Gasteiger partial charge in [0.1, 0.15) is 5.00 Å². The second-order valence-corrected chi connectivity index (χ2v) is 8.05. The molecule has 32 heavy (non-hydrogen) atoms. The van der Waals surface area contributed by atoms with Gasteiger partial charge in [-0.2, -0.15) is 4.98 Å². The number of thiophene rings is 1. The van der Waals surface area contributed by atoms with Crippen LogP contribution in [0.15, 0.2) is 64.8 Å². The second-order valence-electron chi connectivity index (χ2n) is 7.13. The van der Waals surface area contributed by atoms with E-state index in [2.05, 4.69) is 45.1 Å². The van der Waals surface area contributed by atoms with Crippen molar-refractivity contribution >= 4 is 34.2 Å². The number of amides is 2. The first-order valence-corrected chi connectivity index (χ1v) is 10.7. The third kappa shape index (κ3) is 4.81. The molecule has 0 atom stereocenters. The molecule has 0 fully saturated rings. The van der Waals surface area contributed by atoms with E-state index < -0.39 is 5.91 Å². The monoisotopic (exact) mass is 448 g/mol. The Labute approximate surface area is 187 Å². The van der Waals surface area contributed by atoms with E-state index in [4.69, 9.17) is 4.52 Å². The highest BCUT2D eigenvalue weighted by Gasteiger charge is 2.17. The van der Waals surface area contributed by atoms with E-state index in [1.807, 2.05) is 12.1 Å². The van der Waals surface area contributed by atoms with E-state index in [-0.39, 0.29) is 11.9 Å². The summed E-state index contributed by atoms with van der Waals surface area (Å²) in [6.07, 6.45) is 3.23. The van der Waals surface area contributed by atoms with E-state index in [1.54, 1.807) is 48.1 Å². The summed E-state index contributed by atoms with van der Waals surface area (Å²) in [5.74, 6) is -0.00742. The lowest BCUT2D eigenvalue weighted by atomic mass is 10.0. The molecule has 0 spiro atoms. The van der Waals surface area contributed by atoms with Crippen LogP contribution in [0.5, 0.6) is 0 Å². The normalized spacial score (nSPS) is 10.7. The van der Waals surface area contributed by atoms with Gasteiger partial charge in [-0.3, -0.25) is 20.0 Å². The predicted molar refractivity (Wildman–Crippen MR) is 121 cm³/mol. The van der Waals surface area contributed by atoms with Gasteiger partial charge in [0, 0.05) is 23.5 Å². The highest BCUT2D eigenvalue weighted by molar-refractivity contribution is 7.14. The van der Waals surface area contributed by atoms with Gasteiger partial charge >= 0.3 is 6.01 Å². The molecule has 0 unspecified atom stereocenters. The van der Waals surface area contributed by atoms with Gasteiger partial charge < -0.3 is 9.84 Å². The van der Waals surface area contributed by atoms with Crippen LogP contribution in [-0.2, 0) is 0 Å². The van der Waals surface area contributed by atoms with Crippen LogP contribution in [0.1, 0.15) is 46.0 Å². The molecule has 9 nitrogen and oxygen atoms in total. The van der Waals surface area contributed by atoms with Crippen LogP contribution in [-0.4, -0.2) is 26.9 Å². The largest absolute Gasteiger partial charge is 0.340 e. The Hall–Kier alpha value is -4.05. The van der Waals surface area contributed by atoms with E-state index in [9.17, 15) is 9.59 Å². The van der Waals surface area contributed by atoms with E-state index in [1.165, 1.54) is 11.3 Å². The number of hydrogen-bond donors (Lipinski definition) is 3. The number of nitrogens with zero attached hydrogens (tertiary/aromatic N) is 3. The lowest BCUT2D eigenvalue weighted by molar-refractivity contribution is 0.0962. The summed E-state index contributed by atoms with van der Waals surface area (Å²) >= 11 is 1.25. The lowest BCUT2D eigenvalue weighted by Crippen LogP contribution is -2.30. The number of hydrogen-bond acceptors (Lipinski definition) is 8. The van der Waals surface area contributed by atoms with E-state index in [0.29, 0.717) is 27.9 Å². The Kier molecular flexibility index (Phi) is 6.22. The first-order chi connectivity index (χ1) is 15.5. The van der Waals surface area contributed by atoms with Crippen molar-refractivity contribution in [2.24, 2.45) is 0 Å². The van der Waals surface area contributed by atoms with Crippen molar-refractivity contribution in [3.8, 4) is 11.4 Å². The van der Waals surface area contributed by atoms with Crippen molar-refractivity contribution in [3.63, 3.8) is 0 Å². The topological polar surface area (TPSA) is 122 Å². The number of carbonyl (C=O) groups is 2. The number of pyridine rings is 1. The van der Waals surface area contributed by atoms with Crippen molar-refractivity contribution in [2.75, 3.05) is 10.7 Å². The van der Waals surface area contributed by atoms with Crippen LogP contribution in [0, 0.1) is 0 Å². The van der Waals surface area contributed by atoms with Gasteiger partial charge in [0.2, 0.25) is 5.82 Å². The zero-order valence-electron chi connectivity index (χ0n) is 17.3. The van der Waals surface area contributed by atoms with Gasteiger partial charge in [0.15, 0.2) is 0 Å². The molecule has 4 aromatic rings. The third-order valence-corrected chi connectivity index (χ3v) is 5.45. The highest BCUT2D eigenvalue weighted by Crippen LogP contribution is 2.24. The number of rotatable bonds is 7. The van der Waals surface area contributed by atoms with Crippen LogP contribution in [0.4, 0.5) is 11.0 Å². The van der Waals surface area contributed by atoms with Gasteiger partial charge in [-0.25, -0.2) is 5.43 Å². The van der Waals surface area contributed by atoms with Gasteiger partial charge in [-0.1, -0.05) is 31.1 Å². The summed E-state index contributed by atoms with van der Waals surface area (Å²) in [5.41, 5.74) is 7.79. The number of nitrogens with one attached hydrogen (secondary N) is 3. The number of benzene rings is 1. The van der Waals surface area contributed by atoms with Crippen molar-refractivity contribution in [3.05, 3.63) is 76.9 Å². The van der Waals surface area contributed by atoms with E-state index in [0.717, 1.165) is 11.1 Å². The average molecular weight is 449 g/mol. The fraction of sp³-hybridized carbons (Fsp3) is 0.136. The molecule has 0 aliphatic carbocycles. The summed E-state index contributed by atoms with van der Waals surface area (Å²) in [5, 5.41) is 8.80. The van der Waals surface area contributed by atoms with Crippen molar-refractivity contribution in [1.29, 1.82) is 0 Å². The number of carbonyl (C=O) groups excluding carboxylic acids is 2. The molecule has 3 aromatic heterocycles. The molecule has 0 radical (unpaired) electrons. The van der Waals surface area contributed by atoms with Crippen molar-refractivity contribution in [2.45, 2.75) is 19.8 Å². The van der Waals surface area contributed by atoms with Crippen LogP contribution in [0.25, 0.3) is 11.4 Å². The maximum atomic E-state index is 12.6. The Balaban J connectivity index is 1.38. The van der Waals surface area contributed by atoms with Gasteiger partial charge in [0.05, 0.1) is 5.56 Å². The summed E-state index contributed by atoms with van der Waals surface area (Å²) < 4.78 is 5.09. The molecule has 10 heteroatoms. The van der Waals surface area contributed by atoms with Gasteiger partial charge in [-0.15, -0.1) is 11.3 Å². The number of hydrazine groups is 1. The van der Waals surface area contributed by atoms with Gasteiger partial charge in [-0.05, 0) is 47.2 Å². The number of aromatic nitrogens is 3. The first-order valence-electron chi connectivity index (χ1n) is 9.80. The molecule has 0 aliphatic heterocycles. The molecule has 0 saturated carbocycles. The molecule has 3 N–H and O–H groups in total. The summed E-state index contributed by atoms with van der Waals surface area (Å²) in [7, 11) is 0. The molecule has 162 valence electrons. The fourth-order valence-electron chi connectivity index (χ4n) is 2.85. The molecular weight excluding hydrogens is 428 g/mol. The Morgan fingerprint density at radius 3 is 2.47 bits per heavy atom. The van der Waals surface area contributed by atoms with Gasteiger partial charge in [0.25, 0.3) is 11.8 Å². The highest BCUT2D eigenvalue weighted by atomic mass is 32.1. The summed E-state index contributed by atoms with van der Waals surface area (Å²) in [4.78, 5) is 33.3. The van der Waals surface area contributed by atoms with Crippen LogP contribution in [0.2, 0.25) is 0 Å². The Morgan fingerprint density at radius 1 is 1.00 bits per heavy atom. The SMILES string of the molecule is CC(C)c1ccc(C(=O)Nc2sccc2C(=O)NNc2nc(-c3ccncc3)no2)cc1. The Morgan fingerprint density at radius 2 is 1.75 bits per heavy atom. The van der Waals surface area contributed by atoms with Crippen molar-refractivity contribution in [1.82, 2.24) is 20.6 Å². The van der Waals surface area contributed by atoms with Crippen LogP contribution >= 0.6 is 11.3 Å². The minimum Gasteiger partial charge on any atom is -0.313 e. The van der Waals surface area contributed by atoms with E-state index >= 15 is 0 Å². The molecule has 0 bridgehead atoms. The summed E-state index contributed by atoms with van der Waals surface area (Å²) in [6, 6.07) is 12.5. The maximum Gasteiger partial charge on any atom is 0.340 e. The minimum absolute atomic E-state index is 0.0243. The fourth-order valence-corrected chi connectivity index (χ4v) is 3.63. The zero-order chi connectivity index (χ0) is 22.5. The third-order valence-electron chi connectivity index (χ3n) is 4.62. The smallest absolute Gasteiger partial charge is 0.313 e.